The number of halogens is 1. The van der Waals surface area contributed by atoms with Crippen LogP contribution in [-0.4, -0.2) is 32.4 Å². The Morgan fingerprint density at radius 1 is 1.53 bits per heavy atom. The second-order valence-electron chi connectivity index (χ2n) is 4.09. The summed E-state index contributed by atoms with van der Waals surface area (Å²) in [5.74, 6) is -0.233. The maximum Gasteiger partial charge on any atom is 0.323 e. The SMILES string of the molecule is Cn1cnnc1CN(CC(=O)O)c1cccc(Cl)c1. The van der Waals surface area contributed by atoms with Gasteiger partial charge in [0.15, 0.2) is 5.82 Å². The molecule has 0 aliphatic heterocycles. The van der Waals surface area contributed by atoms with Crippen LogP contribution in [0.1, 0.15) is 5.82 Å². The van der Waals surface area contributed by atoms with Crippen LogP contribution in [0.15, 0.2) is 30.6 Å². The fourth-order valence-corrected chi connectivity index (χ4v) is 1.88. The lowest BCUT2D eigenvalue weighted by molar-refractivity contribution is -0.135. The van der Waals surface area contributed by atoms with Gasteiger partial charge in [0.25, 0.3) is 0 Å². The van der Waals surface area contributed by atoms with E-state index < -0.39 is 5.97 Å². The second kappa shape index (κ2) is 5.71. The standard InChI is InChI=1S/C12H13ClN4O2/c1-16-8-14-15-11(16)6-17(7-12(18)19)10-4-2-3-9(13)5-10/h2-5,8H,6-7H2,1H3,(H,18,19). The zero-order chi connectivity index (χ0) is 13.8. The number of aromatic nitrogens is 3. The molecule has 1 aromatic carbocycles. The number of nitrogens with zero attached hydrogens (tertiary/aromatic N) is 4. The number of carboxylic acid groups (broad SMARTS) is 1. The van der Waals surface area contributed by atoms with E-state index in [1.165, 1.54) is 0 Å². The molecule has 0 aliphatic carbocycles. The molecule has 0 radical (unpaired) electrons. The molecule has 0 aliphatic rings. The Morgan fingerprint density at radius 2 is 2.32 bits per heavy atom. The van der Waals surface area contributed by atoms with Crippen molar-refractivity contribution in [3.05, 3.63) is 41.4 Å². The van der Waals surface area contributed by atoms with Gasteiger partial charge in [0.05, 0.1) is 6.54 Å². The summed E-state index contributed by atoms with van der Waals surface area (Å²) in [4.78, 5) is 12.6. The van der Waals surface area contributed by atoms with E-state index in [1.807, 2.05) is 13.1 Å². The average molecular weight is 281 g/mol. The molecule has 0 saturated heterocycles. The number of hydrogen-bond acceptors (Lipinski definition) is 4. The quantitative estimate of drug-likeness (QED) is 0.900. The monoisotopic (exact) mass is 280 g/mol. The summed E-state index contributed by atoms with van der Waals surface area (Å²) in [6.45, 7) is 0.219. The van der Waals surface area contributed by atoms with Crippen LogP contribution < -0.4 is 4.90 Å². The van der Waals surface area contributed by atoms with E-state index in [9.17, 15) is 4.79 Å². The van der Waals surface area contributed by atoms with Crippen molar-refractivity contribution in [2.75, 3.05) is 11.4 Å². The lowest BCUT2D eigenvalue weighted by atomic mass is 10.2. The third kappa shape index (κ3) is 3.45. The van der Waals surface area contributed by atoms with Crippen LogP contribution in [0, 0.1) is 0 Å². The van der Waals surface area contributed by atoms with Crippen molar-refractivity contribution in [2.45, 2.75) is 6.54 Å². The highest BCUT2D eigenvalue weighted by Gasteiger charge is 2.14. The first kappa shape index (κ1) is 13.4. The number of benzene rings is 1. The van der Waals surface area contributed by atoms with Crippen molar-refractivity contribution in [2.24, 2.45) is 7.05 Å². The molecule has 2 aromatic rings. The van der Waals surface area contributed by atoms with Crippen LogP contribution >= 0.6 is 11.6 Å². The molecule has 0 unspecified atom stereocenters. The summed E-state index contributed by atoms with van der Waals surface area (Å²) in [6, 6.07) is 7.06. The van der Waals surface area contributed by atoms with E-state index in [0.29, 0.717) is 17.4 Å². The van der Waals surface area contributed by atoms with Gasteiger partial charge in [-0.05, 0) is 18.2 Å². The van der Waals surface area contributed by atoms with E-state index in [1.54, 1.807) is 34.0 Å². The summed E-state index contributed by atoms with van der Waals surface area (Å²) in [5, 5.41) is 17.3. The van der Waals surface area contributed by atoms with E-state index in [0.717, 1.165) is 5.69 Å². The third-order valence-corrected chi connectivity index (χ3v) is 2.87. The summed E-state index contributed by atoms with van der Waals surface area (Å²) in [7, 11) is 1.81. The second-order valence-corrected chi connectivity index (χ2v) is 4.52. The van der Waals surface area contributed by atoms with Crippen LogP contribution in [0.3, 0.4) is 0 Å². The van der Waals surface area contributed by atoms with E-state index in [4.69, 9.17) is 16.7 Å². The molecule has 1 heterocycles. The zero-order valence-electron chi connectivity index (χ0n) is 10.3. The van der Waals surface area contributed by atoms with Crippen LogP contribution in [0.25, 0.3) is 0 Å². The van der Waals surface area contributed by atoms with Crippen LogP contribution in [0.2, 0.25) is 5.02 Å². The summed E-state index contributed by atoms with van der Waals surface area (Å²) >= 11 is 5.93. The fourth-order valence-electron chi connectivity index (χ4n) is 1.70. The minimum atomic E-state index is -0.915. The number of hydrogen-bond donors (Lipinski definition) is 1. The molecule has 0 fully saturated rings. The minimum Gasteiger partial charge on any atom is -0.480 e. The number of carboxylic acids is 1. The first-order valence-corrected chi connectivity index (χ1v) is 5.99. The predicted octanol–water partition coefficient (Wildman–Crippen LogP) is 1.56. The first-order chi connectivity index (χ1) is 9.06. The Kier molecular flexibility index (Phi) is 4.01. The molecule has 0 saturated carbocycles. The minimum absolute atomic E-state index is 0.132. The molecule has 0 bridgehead atoms. The van der Waals surface area contributed by atoms with Gasteiger partial charge in [-0.2, -0.15) is 0 Å². The fraction of sp³-hybridized carbons (Fsp3) is 0.250. The summed E-state index contributed by atoms with van der Waals surface area (Å²) < 4.78 is 1.75. The van der Waals surface area contributed by atoms with Crippen molar-refractivity contribution in [3.63, 3.8) is 0 Å². The van der Waals surface area contributed by atoms with Gasteiger partial charge in [0.1, 0.15) is 12.9 Å². The van der Waals surface area contributed by atoms with Crippen molar-refractivity contribution in [1.29, 1.82) is 0 Å². The van der Waals surface area contributed by atoms with E-state index in [2.05, 4.69) is 10.2 Å². The Labute approximate surface area is 115 Å². The molecule has 0 amide bonds. The summed E-state index contributed by atoms with van der Waals surface area (Å²) in [6.07, 6.45) is 1.58. The molecular weight excluding hydrogens is 268 g/mol. The normalized spacial score (nSPS) is 10.4. The molecule has 2 rings (SSSR count). The Hall–Kier alpha value is -2.08. The highest BCUT2D eigenvalue weighted by atomic mass is 35.5. The maximum absolute atomic E-state index is 11.0. The van der Waals surface area contributed by atoms with Gasteiger partial charge in [0.2, 0.25) is 0 Å². The lowest BCUT2D eigenvalue weighted by Crippen LogP contribution is -2.30. The van der Waals surface area contributed by atoms with Crippen LogP contribution in [0.5, 0.6) is 0 Å². The van der Waals surface area contributed by atoms with Gasteiger partial charge in [-0.25, -0.2) is 0 Å². The van der Waals surface area contributed by atoms with Gasteiger partial charge < -0.3 is 14.6 Å². The van der Waals surface area contributed by atoms with Gasteiger partial charge in [0, 0.05) is 17.8 Å². The van der Waals surface area contributed by atoms with Crippen LogP contribution in [0.4, 0.5) is 5.69 Å². The van der Waals surface area contributed by atoms with Crippen molar-refractivity contribution in [1.82, 2.24) is 14.8 Å². The zero-order valence-corrected chi connectivity index (χ0v) is 11.1. The number of aryl methyl sites for hydroxylation is 1. The van der Waals surface area contributed by atoms with Gasteiger partial charge in [-0.3, -0.25) is 4.79 Å². The smallest absolute Gasteiger partial charge is 0.323 e. The van der Waals surface area contributed by atoms with Crippen molar-refractivity contribution in [3.8, 4) is 0 Å². The molecular formula is C12H13ClN4O2. The Balaban J connectivity index is 2.26. The molecule has 0 atom stereocenters. The lowest BCUT2D eigenvalue weighted by Gasteiger charge is -2.22. The van der Waals surface area contributed by atoms with Crippen molar-refractivity contribution < 1.29 is 9.90 Å². The number of carbonyl (C=O) groups is 1. The first-order valence-electron chi connectivity index (χ1n) is 5.61. The van der Waals surface area contributed by atoms with Gasteiger partial charge >= 0.3 is 5.97 Å². The highest BCUT2D eigenvalue weighted by Crippen LogP contribution is 2.20. The molecule has 100 valence electrons. The van der Waals surface area contributed by atoms with E-state index >= 15 is 0 Å². The molecule has 1 N–H and O–H groups in total. The van der Waals surface area contributed by atoms with Gasteiger partial charge in [-0.15, -0.1) is 10.2 Å². The van der Waals surface area contributed by atoms with Crippen LogP contribution in [-0.2, 0) is 18.4 Å². The number of rotatable bonds is 5. The molecule has 6 nitrogen and oxygen atoms in total. The molecule has 1 aromatic heterocycles. The largest absolute Gasteiger partial charge is 0.480 e. The Bertz CT molecular complexity index is 585. The van der Waals surface area contributed by atoms with Crippen molar-refractivity contribution >= 4 is 23.3 Å². The predicted molar refractivity (Wildman–Crippen MR) is 71.1 cm³/mol. The summed E-state index contributed by atoms with van der Waals surface area (Å²) in [5.41, 5.74) is 0.734. The third-order valence-electron chi connectivity index (χ3n) is 2.64. The highest BCUT2D eigenvalue weighted by molar-refractivity contribution is 6.30. The van der Waals surface area contributed by atoms with Gasteiger partial charge in [-0.1, -0.05) is 17.7 Å². The molecule has 19 heavy (non-hydrogen) atoms. The maximum atomic E-state index is 11.0. The molecule has 7 heteroatoms. The number of anilines is 1. The molecule has 0 spiro atoms. The topological polar surface area (TPSA) is 71.2 Å². The Morgan fingerprint density at radius 3 is 2.89 bits per heavy atom. The van der Waals surface area contributed by atoms with E-state index in [-0.39, 0.29) is 6.54 Å². The number of aliphatic carboxylic acids is 1. The average Bonchev–Trinajstić information content (AvgIpc) is 2.74.